The van der Waals surface area contributed by atoms with Gasteiger partial charge in [0, 0.05) is 28.7 Å². The molecular formula is C20H28ClN3O2. The summed E-state index contributed by atoms with van der Waals surface area (Å²) in [6, 6.07) is 7.42. The summed E-state index contributed by atoms with van der Waals surface area (Å²) in [5.41, 5.74) is 0.510. The summed E-state index contributed by atoms with van der Waals surface area (Å²) in [5, 5.41) is 10.2. The summed E-state index contributed by atoms with van der Waals surface area (Å²) < 4.78 is 0. The maximum atomic E-state index is 12.8. The Labute approximate surface area is 160 Å². The highest BCUT2D eigenvalue weighted by Crippen LogP contribution is 2.26. The van der Waals surface area contributed by atoms with Gasteiger partial charge in [-0.2, -0.15) is 0 Å². The minimum Gasteiger partial charge on any atom is -0.351 e. The quantitative estimate of drug-likeness (QED) is 0.713. The maximum Gasteiger partial charge on any atom is 0.251 e. The van der Waals surface area contributed by atoms with Crippen molar-refractivity contribution in [1.82, 2.24) is 16.0 Å². The first-order chi connectivity index (χ1) is 12.4. The van der Waals surface area contributed by atoms with Crippen LogP contribution in [0.4, 0.5) is 0 Å². The molecule has 2 saturated heterocycles. The molecular weight excluding hydrogens is 350 g/mol. The fourth-order valence-electron chi connectivity index (χ4n) is 4.02. The molecule has 5 nitrogen and oxygen atoms in total. The van der Waals surface area contributed by atoms with Gasteiger partial charge in [0.05, 0.1) is 0 Å². The number of nitrogens with one attached hydrogen (secondary N) is 3. The molecule has 2 bridgehead atoms. The summed E-state index contributed by atoms with van der Waals surface area (Å²) in [6.07, 6.45) is 4.95. The van der Waals surface area contributed by atoms with Gasteiger partial charge in [-0.05, 0) is 62.3 Å². The topological polar surface area (TPSA) is 70.2 Å². The molecule has 3 rings (SSSR count). The van der Waals surface area contributed by atoms with E-state index in [4.69, 9.17) is 11.6 Å². The zero-order valence-electron chi connectivity index (χ0n) is 15.4. The van der Waals surface area contributed by atoms with E-state index in [1.807, 2.05) is 0 Å². The Morgan fingerprint density at radius 2 is 1.77 bits per heavy atom. The zero-order chi connectivity index (χ0) is 18.7. The highest BCUT2D eigenvalue weighted by Gasteiger charge is 2.35. The summed E-state index contributed by atoms with van der Waals surface area (Å²) in [6.45, 7) is 4.11. The smallest absolute Gasteiger partial charge is 0.251 e. The summed E-state index contributed by atoms with van der Waals surface area (Å²) in [5.74, 6) is -0.0133. The molecule has 2 aliphatic heterocycles. The molecule has 2 fully saturated rings. The molecule has 2 heterocycles. The lowest BCUT2D eigenvalue weighted by molar-refractivity contribution is -0.124. The summed E-state index contributed by atoms with van der Waals surface area (Å²) in [7, 11) is 0. The van der Waals surface area contributed by atoms with Gasteiger partial charge in [-0.15, -0.1) is 0 Å². The molecule has 0 spiro atoms. The lowest BCUT2D eigenvalue weighted by atomic mass is 9.98. The molecule has 26 heavy (non-hydrogen) atoms. The molecule has 0 radical (unpaired) electrons. The molecule has 3 N–H and O–H groups in total. The van der Waals surface area contributed by atoms with E-state index in [9.17, 15) is 9.59 Å². The molecule has 0 saturated carbocycles. The lowest BCUT2D eigenvalue weighted by Gasteiger charge is -2.31. The number of carbonyl (C=O) groups is 2. The van der Waals surface area contributed by atoms with Gasteiger partial charge in [-0.25, -0.2) is 0 Å². The molecule has 142 valence electrons. The number of carbonyl (C=O) groups excluding carboxylic acids is 2. The molecule has 3 atom stereocenters. The standard InChI is InChI=1S/C20H28ClN3O2/c1-12(2)9-18(24-19(25)13-3-5-14(21)6-4-13)20(26)23-17-10-15-7-8-16(11-17)22-15/h3-6,12,15-18,22H,7-11H2,1-2H3,(H,23,26)(H,24,25). The fraction of sp³-hybridized carbons (Fsp3) is 0.600. The van der Waals surface area contributed by atoms with Crippen LogP contribution in [0.5, 0.6) is 0 Å². The third-order valence-electron chi connectivity index (χ3n) is 5.25. The van der Waals surface area contributed by atoms with Crippen LogP contribution in [0.25, 0.3) is 0 Å². The van der Waals surface area contributed by atoms with E-state index >= 15 is 0 Å². The Morgan fingerprint density at radius 1 is 1.15 bits per heavy atom. The molecule has 0 aromatic heterocycles. The van der Waals surface area contributed by atoms with Crippen molar-refractivity contribution in [3.63, 3.8) is 0 Å². The third kappa shape index (κ3) is 4.98. The highest BCUT2D eigenvalue weighted by atomic mass is 35.5. The number of fused-ring (bicyclic) bond motifs is 2. The van der Waals surface area contributed by atoms with Crippen molar-refractivity contribution in [3.05, 3.63) is 34.9 Å². The van der Waals surface area contributed by atoms with Gasteiger partial charge in [-0.1, -0.05) is 25.4 Å². The third-order valence-corrected chi connectivity index (χ3v) is 5.51. The molecule has 0 aliphatic carbocycles. The van der Waals surface area contributed by atoms with Gasteiger partial charge in [0.2, 0.25) is 5.91 Å². The molecule has 2 amide bonds. The molecule has 6 heteroatoms. The number of rotatable bonds is 6. The minimum absolute atomic E-state index is 0.0766. The number of halogens is 1. The number of benzene rings is 1. The first kappa shape index (κ1) is 19.2. The average Bonchev–Trinajstić information content (AvgIpc) is 2.93. The van der Waals surface area contributed by atoms with Crippen molar-refractivity contribution in [3.8, 4) is 0 Å². The van der Waals surface area contributed by atoms with E-state index in [1.54, 1.807) is 24.3 Å². The minimum atomic E-state index is -0.522. The van der Waals surface area contributed by atoms with Gasteiger partial charge in [0.15, 0.2) is 0 Å². The predicted molar refractivity (Wildman–Crippen MR) is 103 cm³/mol. The van der Waals surface area contributed by atoms with Gasteiger partial charge >= 0.3 is 0 Å². The Balaban J connectivity index is 1.61. The second kappa shape index (κ2) is 8.40. The fourth-order valence-corrected chi connectivity index (χ4v) is 4.15. The van der Waals surface area contributed by atoms with Crippen LogP contribution in [0.15, 0.2) is 24.3 Å². The van der Waals surface area contributed by atoms with E-state index in [1.165, 1.54) is 12.8 Å². The largest absolute Gasteiger partial charge is 0.351 e. The summed E-state index contributed by atoms with van der Waals surface area (Å²) in [4.78, 5) is 25.3. The van der Waals surface area contributed by atoms with Crippen LogP contribution in [0.3, 0.4) is 0 Å². The van der Waals surface area contributed by atoms with E-state index in [2.05, 4.69) is 29.8 Å². The Hall–Kier alpha value is -1.59. The van der Waals surface area contributed by atoms with Gasteiger partial charge in [-0.3, -0.25) is 9.59 Å². The van der Waals surface area contributed by atoms with Crippen molar-refractivity contribution >= 4 is 23.4 Å². The van der Waals surface area contributed by atoms with Gasteiger partial charge < -0.3 is 16.0 Å². The van der Waals surface area contributed by atoms with Crippen LogP contribution in [0.2, 0.25) is 5.02 Å². The number of piperidine rings is 1. The second-order valence-electron chi connectivity index (χ2n) is 7.98. The predicted octanol–water partition coefficient (Wildman–Crippen LogP) is 2.88. The van der Waals surface area contributed by atoms with Crippen LogP contribution < -0.4 is 16.0 Å². The van der Waals surface area contributed by atoms with Crippen LogP contribution in [-0.2, 0) is 4.79 Å². The maximum absolute atomic E-state index is 12.8. The van der Waals surface area contributed by atoms with Crippen molar-refractivity contribution in [1.29, 1.82) is 0 Å². The van der Waals surface area contributed by atoms with Crippen molar-refractivity contribution in [2.24, 2.45) is 5.92 Å². The molecule has 2 aliphatic rings. The first-order valence-electron chi connectivity index (χ1n) is 9.53. The first-order valence-corrected chi connectivity index (χ1v) is 9.91. The Morgan fingerprint density at radius 3 is 2.35 bits per heavy atom. The van der Waals surface area contributed by atoms with Crippen molar-refractivity contribution in [2.45, 2.75) is 70.1 Å². The molecule has 1 aromatic carbocycles. The van der Waals surface area contributed by atoms with Crippen LogP contribution >= 0.6 is 11.6 Å². The molecule has 3 unspecified atom stereocenters. The average molecular weight is 378 g/mol. The van der Waals surface area contributed by atoms with E-state index in [0.717, 1.165) is 12.8 Å². The summed E-state index contributed by atoms with van der Waals surface area (Å²) >= 11 is 5.88. The Bertz CT molecular complexity index is 635. The number of amides is 2. The van der Waals surface area contributed by atoms with Crippen LogP contribution in [0.1, 0.15) is 56.3 Å². The SMILES string of the molecule is CC(C)CC(NC(=O)c1ccc(Cl)cc1)C(=O)NC1CC2CCC(C1)N2. The van der Waals surface area contributed by atoms with E-state index < -0.39 is 6.04 Å². The van der Waals surface area contributed by atoms with E-state index in [-0.39, 0.29) is 17.9 Å². The monoisotopic (exact) mass is 377 g/mol. The van der Waals surface area contributed by atoms with E-state index in [0.29, 0.717) is 35.0 Å². The van der Waals surface area contributed by atoms with Gasteiger partial charge in [0.25, 0.3) is 5.91 Å². The Kier molecular flexibility index (Phi) is 6.20. The number of hydrogen-bond acceptors (Lipinski definition) is 3. The second-order valence-corrected chi connectivity index (χ2v) is 8.41. The normalized spacial score (nSPS) is 25.8. The van der Waals surface area contributed by atoms with Crippen molar-refractivity contribution in [2.75, 3.05) is 0 Å². The zero-order valence-corrected chi connectivity index (χ0v) is 16.2. The van der Waals surface area contributed by atoms with Crippen LogP contribution in [0, 0.1) is 5.92 Å². The number of hydrogen-bond donors (Lipinski definition) is 3. The molecule has 1 aromatic rings. The highest BCUT2D eigenvalue weighted by molar-refractivity contribution is 6.30. The lowest BCUT2D eigenvalue weighted by Crippen LogP contribution is -2.54. The van der Waals surface area contributed by atoms with Crippen LogP contribution in [-0.4, -0.2) is 36.0 Å². The van der Waals surface area contributed by atoms with Gasteiger partial charge in [0.1, 0.15) is 6.04 Å². The van der Waals surface area contributed by atoms with Crippen molar-refractivity contribution < 1.29 is 9.59 Å².